The SMILES string of the molecule is CCCn1ccnc(N(CCCN)C(C)C)c1=O. The fraction of sp³-hybridized carbons (Fsp3) is 0.692. The van der Waals surface area contributed by atoms with E-state index >= 15 is 0 Å². The van der Waals surface area contributed by atoms with Crippen LogP contribution in [0.5, 0.6) is 0 Å². The summed E-state index contributed by atoms with van der Waals surface area (Å²) in [5.41, 5.74) is 5.53. The Balaban J connectivity index is 3.04. The van der Waals surface area contributed by atoms with E-state index in [0.29, 0.717) is 12.4 Å². The van der Waals surface area contributed by atoms with Gasteiger partial charge in [0.05, 0.1) is 0 Å². The van der Waals surface area contributed by atoms with Crippen LogP contribution < -0.4 is 16.2 Å². The summed E-state index contributed by atoms with van der Waals surface area (Å²) in [6.07, 6.45) is 5.25. The average Bonchev–Trinajstić information content (AvgIpc) is 2.34. The van der Waals surface area contributed by atoms with Gasteiger partial charge < -0.3 is 15.2 Å². The second-order valence-corrected chi connectivity index (χ2v) is 4.68. The molecule has 2 N–H and O–H groups in total. The first-order valence-corrected chi connectivity index (χ1v) is 6.64. The van der Waals surface area contributed by atoms with Crippen molar-refractivity contribution in [3.63, 3.8) is 0 Å². The molecular formula is C13H24N4O. The van der Waals surface area contributed by atoms with Crippen molar-refractivity contribution < 1.29 is 0 Å². The first-order chi connectivity index (χ1) is 8.61. The van der Waals surface area contributed by atoms with Crippen LogP contribution in [0.15, 0.2) is 17.2 Å². The Morgan fingerprint density at radius 2 is 2.22 bits per heavy atom. The molecule has 0 amide bonds. The minimum atomic E-state index is -0.00919. The van der Waals surface area contributed by atoms with Crippen LogP contribution in [0.4, 0.5) is 5.82 Å². The van der Waals surface area contributed by atoms with Gasteiger partial charge in [-0.15, -0.1) is 0 Å². The van der Waals surface area contributed by atoms with Gasteiger partial charge in [0.2, 0.25) is 0 Å². The average molecular weight is 252 g/mol. The largest absolute Gasteiger partial charge is 0.350 e. The maximum Gasteiger partial charge on any atom is 0.293 e. The zero-order chi connectivity index (χ0) is 13.5. The fourth-order valence-corrected chi connectivity index (χ4v) is 1.92. The maximum atomic E-state index is 12.3. The molecule has 0 aliphatic carbocycles. The van der Waals surface area contributed by atoms with E-state index in [4.69, 9.17) is 5.73 Å². The molecule has 1 aromatic heterocycles. The van der Waals surface area contributed by atoms with Crippen LogP contribution in [-0.4, -0.2) is 28.7 Å². The van der Waals surface area contributed by atoms with Gasteiger partial charge in [-0.3, -0.25) is 4.79 Å². The molecule has 5 heteroatoms. The van der Waals surface area contributed by atoms with Crippen LogP contribution in [-0.2, 0) is 6.54 Å². The number of anilines is 1. The highest BCUT2D eigenvalue weighted by Gasteiger charge is 2.15. The molecule has 0 aliphatic heterocycles. The van der Waals surface area contributed by atoms with Crippen LogP contribution in [0.2, 0.25) is 0 Å². The van der Waals surface area contributed by atoms with Crippen LogP contribution >= 0.6 is 0 Å². The van der Waals surface area contributed by atoms with Gasteiger partial charge >= 0.3 is 0 Å². The molecule has 18 heavy (non-hydrogen) atoms. The Morgan fingerprint density at radius 3 is 2.78 bits per heavy atom. The molecule has 0 spiro atoms. The quantitative estimate of drug-likeness (QED) is 0.792. The van der Waals surface area contributed by atoms with E-state index in [2.05, 4.69) is 25.8 Å². The lowest BCUT2D eigenvalue weighted by Crippen LogP contribution is -2.39. The molecule has 0 bridgehead atoms. The van der Waals surface area contributed by atoms with Gasteiger partial charge in [0, 0.05) is 31.5 Å². The molecule has 0 fully saturated rings. The van der Waals surface area contributed by atoms with E-state index in [1.54, 1.807) is 17.0 Å². The lowest BCUT2D eigenvalue weighted by molar-refractivity contribution is 0.613. The summed E-state index contributed by atoms with van der Waals surface area (Å²) in [6, 6.07) is 0.245. The van der Waals surface area contributed by atoms with Gasteiger partial charge in [-0.2, -0.15) is 0 Å². The molecule has 102 valence electrons. The van der Waals surface area contributed by atoms with Gasteiger partial charge in [-0.25, -0.2) is 4.98 Å². The smallest absolute Gasteiger partial charge is 0.293 e. The van der Waals surface area contributed by atoms with E-state index in [0.717, 1.165) is 25.9 Å². The molecule has 0 radical (unpaired) electrons. The lowest BCUT2D eigenvalue weighted by Gasteiger charge is -2.27. The molecular weight excluding hydrogens is 228 g/mol. The molecule has 1 aromatic rings. The Labute approximate surface area is 109 Å². The normalized spacial score (nSPS) is 10.9. The second-order valence-electron chi connectivity index (χ2n) is 4.68. The number of hydrogen-bond donors (Lipinski definition) is 1. The highest BCUT2D eigenvalue weighted by Crippen LogP contribution is 2.09. The Morgan fingerprint density at radius 1 is 1.50 bits per heavy atom. The molecule has 0 aromatic carbocycles. The maximum absolute atomic E-state index is 12.3. The summed E-state index contributed by atoms with van der Waals surface area (Å²) >= 11 is 0. The predicted molar refractivity (Wildman–Crippen MR) is 74.9 cm³/mol. The Kier molecular flexibility index (Phi) is 5.85. The minimum Gasteiger partial charge on any atom is -0.350 e. The summed E-state index contributed by atoms with van der Waals surface area (Å²) in [6.45, 7) is 8.31. The van der Waals surface area contributed by atoms with E-state index in [9.17, 15) is 4.79 Å². The number of aryl methyl sites for hydroxylation is 1. The van der Waals surface area contributed by atoms with Crippen molar-refractivity contribution in [1.82, 2.24) is 9.55 Å². The molecule has 0 unspecified atom stereocenters. The van der Waals surface area contributed by atoms with Crippen LogP contribution in [0, 0.1) is 0 Å². The third-order valence-corrected chi connectivity index (χ3v) is 2.86. The molecule has 0 aliphatic rings. The number of aromatic nitrogens is 2. The molecule has 0 saturated carbocycles. The molecule has 1 heterocycles. The van der Waals surface area contributed by atoms with Crippen molar-refractivity contribution in [2.24, 2.45) is 5.73 Å². The minimum absolute atomic E-state index is 0.00919. The Bertz CT molecular complexity index is 414. The van der Waals surface area contributed by atoms with Crippen molar-refractivity contribution in [3.8, 4) is 0 Å². The fourth-order valence-electron chi connectivity index (χ4n) is 1.92. The van der Waals surface area contributed by atoms with Crippen LogP contribution in [0.25, 0.3) is 0 Å². The van der Waals surface area contributed by atoms with E-state index in [1.807, 2.05) is 4.90 Å². The first kappa shape index (κ1) is 14.7. The number of rotatable bonds is 7. The third kappa shape index (κ3) is 3.57. The van der Waals surface area contributed by atoms with E-state index in [-0.39, 0.29) is 11.6 Å². The predicted octanol–water partition coefficient (Wildman–Crippen LogP) is 1.22. The summed E-state index contributed by atoms with van der Waals surface area (Å²) in [5, 5.41) is 0. The van der Waals surface area contributed by atoms with Crippen molar-refractivity contribution in [2.75, 3.05) is 18.0 Å². The zero-order valence-corrected chi connectivity index (χ0v) is 11.6. The summed E-state index contributed by atoms with van der Waals surface area (Å²) < 4.78 is 1.72. The van der Waals surface area contributed by atoms with Gasteiger partial charge in [0.1, 0.15) is 0 Å². The number of hydrogen-bond acceptors (Lipinski definition) is 4. The topological polar surface area (TPSA) is 64.2 Å². The van der Waals surface area contributed by atoms with E-state index in [1.165, 1.54) is 0 Å². The summed E-state index contributed by atoms with van der Waals surface area (Å²) in [4.78, 5) is 18.6. The lowest BCUT2D eigenvalue weighted by atomic mass is 10.3. The molecule has 0 saturated heterocycles. The summed E-state index contributed by atoms with van der Waals surface area (Å²) in [7, 11) is 0. The Hall–Kier alpha value is -1.36. The third-order valence-electron chi connectivity index (χ3n) is 2.86. The monoisotopic (exact) mass is 252 g/mol. The van der Waals surface area contributed by atoms with Gasteiger partial charge in [-0.05, 0) is 33.2 Å². The van der Waals surface area contributed by atoms with Gasteiger partial charge in [0.25, 0.3) is 5.56 Å². The highest BCUT2D eigenvalue weighted by atomic mass is 16.1. The van der Waals surface area contributed by atoms with Crippen molar-refractivity contribution in [3.05, 3.63) is 22.7 Å². The van der Waals surface area contributed by atoms with Crippen LogP contribution in [0.3, 0.4) is 0 Å². The van der Waals surface area contributed by atoms with Gasteiger partial charge in [0.15, 0.2) is 5.82 Å². The summed E-state index contributed by atoms with van der Waals surface area (Å²) in [5.74, 6) is 0.536. The van der Waals surface area contributed by atoms with Crippen molar-refractivity contribution in [1.29, 1.82) is 0 Å². The molecule has 0 atom stereocenters. The number of nitrogens with two attached hydrogens (primary N) is 1. The van der Waals surface area contributed by atoms with Crippen molar-refractivity contribution >= 4 is 5.82 Å². The molecule has 1 rings (SSSR count). The van der Waals surface area contributed by atoms with Gasteiger partial charge in [-0.1, -0.05) is 6.92 Å². The van der Waals surface area contributed by atoms with E-state index < -0.39 is 0 Å². The second kappa shape index (κ2) is 7.16. The zero-order valence-electron chi connectivity index (χ0n) is 11.6. The number of nitrogens with zero attached hydrogens (tertiary/aromatic N) is 3. The standard InChI is InChI=1S/C13H24N4O/c1-4-8-16-10-7-15-12(13(16)18)17(11(2)3)9-5-6-14/h7,10-11H,4-6,8-9,14H2,1-3H3. The van der Waals surface area contributed by atoms with Crippen molar-refractivity contribution in [2.45, 2.75) is 46.2 Å². The van der Waals surface area contributed by atoms with Crippen LogP contribution in [0.1, 0.15) is 33.6 Å². The molecule has 5 nitrogen and oxygen atoms in total. The first-order valence-electron chi connectivity index (χ1n) is 6.64. The highest BCUT2D eigenvalue weighted by molar-refractivity contribution is 5.36.